The van der Waals surface area contributed by atoms with Crippen LogP contribution in [0.1, 0.15) is 19.8 Å². The number of hydrogen-bond acceptors (Lipinski definition) is 7. The topological polar surface area (TPSA) is 110 Å². The molecule has 1 aromatic heterocycles. The monoisotopic (exact) mass is 346 g/mol. The SMILES string of the molecule is CC1CCCN(c2nc(Nc3cccc(F)c3)nc(N)c2[N+](=O)[O-])C1. The third-order valence-corrected chi connectivity index (χ3v) is 4.11. The zero-order chi connectivity index (χ0) is 18.0. The van der Waals surface area contributed by atoms with Crippen LogP contribution in [0, 0.1) is 21.8 Å². The minimum Gasteiger partial charge on any atom is -0.378 e. The number of rotatable bonds is 4. The summed E-state index contributed by atoms with van der Waals surface area (Å²) in [7, 11) is 0. The first kappa shape index (κ1) is 16.9. The van der Waals surface area contributed by atoms with Crippen LogP contribution < -0.4 is 16.0 Å². The second-order valence-corrected chi connectivity index (χ2v) is 6.19. The number of anilines is 4. The van der Waals surface area contributed by atoms with E-state index in [-0.39, 0.29) is 23.3 Å². The van der Waals surface area contributed by atoms with Gasteiger partial charge >= 0.3 is 5.69 Å². The van der Waals surface area contributed by atoms with Gasteiger partial charge in [-0.2, -0.15) is 9.97 Å². The highest BCUT2D eigenvalue weighted by Gasteiger charge is 2.29. The Morgan fingerprint density at radius 2 is 2.24 bits per heavy atom. The third-order valence-electron chi connectivity index (χ3n) is 4.11. The summed E-state index contributed by atoms with van der Waals surface area (Å²) in [6.07, 6.45) is 1.99. The molecule has 1 unspecified atom stereocenters. The van der Waals surface area contributed by atoms with Crippen molar-refractivity contribution in [3.8, 4) is 0 Å². The van der Waals surface area contributed by atoms with Crippen LogP contribution in [0.5, 0.6) is 0 Å². The van der Waals surface area contributed by atoms with E-state index in [0.717, 1.165) is 12.8 Å². The van der Waals surface area contributed by atoms with Gasteiger partial charge in [-0.25, -0.2) is 4.39 Å². The van der Waals surface area contributed by atoms with Crippen molar-refractivity contribution in [3.05, 3.63) is 40.2 Å². The molecule has 0 radical (unpaired) electrons. The first-order valence-corrected chi connectivity index (χ1v) is 8.03. The van der Waals surface area contributed by atoms with E-state index in [1.54, 1.807) is 12.1 Å². The van der Waals surface area contributed by atoms with Crippen LogP contribution in [0.4, 0.5) is 33.3 Å². The summed E-state index contributed by atoms with van der Waals surface area (Å²) in [5, 5.41) is 14.3. The molecule has 25 heavy (non-hydrogen) atoms. The molecule has 2 heterocycles. The molecular formula is C16H19FN6O2. The molecule has 2 aromatic rings. The first-order chi connectivity index (χ1) is 11.9. The lowest BCUT2D eigenvalue weighted by atomic mass is 10.0. The summed E-state index contributed by atoms with van der Waals surface area (Å²) in [5.74, 6) is 0.0751. The second-order valence-electron chi connectivity index (χ2n) is 6.19. The van der Waals surface area contributed by atoms with Gasteiger partial charge in [0.1, 0.15) is 5.82 Å². The van der Waals surface area contributed by atoms with Crippen molar-refractivity contribution in [1.82, 2.24) is 9.97 Å². The normalized spacial score (nSPS) is 17.4. The Morgan fingerprint density at radius 1 is 1.44 bits per heavy atom. The van der Waals surface area contributed by atoms with Crippen LogP contribution in [0.2, 0.25) is 0 Å². The number of halogens is 1. The summed E-state index contributed by atoms with van der Waals surface area (Å²) in [4.78, 5) is 21.0. The van der Waals surface area contributed by atoms with Gasteiger partial charge in [0.2, 0.25) is 17.6 Å². The van der Waals surface area contributed by atoms with Gasteiger partial charge in [-0.05, 0) is 37.0 Å². The molecule has 0 amide bonds. The summed E-state index contributed by atoms with van der Waals surface area (Å²) >= 11 is 0. The largest absolute Gasteiger partial charge is 0.378 e. The number of nitrogens with zero attached hydrogens (tertiary/aromatic N) is 4. The molecule has 3 N–H and O–H groups in total. The third kappa shape index (κ3) is 3.76. The Morgan fingerprint density at radius 3 is 2.92 bits per heavy atom. The van der Waals surface area contributed by atoms with E-state index in [4.69, 9.17) is 5.73 Å². The molecule has 132 valence electrons. The van der Waals surface area contributed by atoms with Crippen LogP contribution in [-0.4, -0.2) is 28.0 Å². The number of nitrogens with one attached hydrogen (secondary N) is 1. The molecule has 3 rings (SSSR count). The van der Waals surface area contributed by atoms with Crippen molar-refractivity contribution in [2.75, 3.05) is 29.0 Å². The maximum atomic E-state index is 13.3. The lowest BCUT2D eigenvalue weighted by molar-refractivity contribution is -0.383. The molecule has 1 aliphatic rings. The zero-order valence-electron chi connectivity index (χ0n) is 13.8. The summed E-state index contributed by atoms with van der Waals surface area (Å²) in [6.45, 7) is 3.42. The average Bonchev–Trinajstić information content (AvgIpc) is 2.54. The fourth-order valence-electron chi connectivity index (χ4n) is 2.99. The Bertz CT molecular complexity index is 800. The number of nitrogen functional groups attached to an aromatic ring is 1. The number of nitrogens with two attached hydrogens (primary N) is 1. The van der Waals surface area contributed by atoms with Gasteiger partial charge in [-0.15, -0.1) is 0 Å². The maximum absolute atomic E-state index is 13.3. The highest BCUT2D eigenvalue weighted by molar-refractivity contribution is 5.72. The van der Waals surface area contributed by atoms with Crippen molar-refractivity contribution in [2.45, 2.75) is 19.8 Å². The van der Waals surface area contributed by atoms with Crippen molar-refractivity contribution in [3.63, 3.8) is 0 Å². The highest BCUT2D eigenvalue weighted by atomic mass is 19.1. The van der Waals surface area contributed by atoms with E-state index in [1.165, 1.54) is 12.1 Å². The van der Waals surface area contributed by atoms with E-state index in [1.807, 2.05) is 4.90 Å². The lowest BCUT2D eigenvalue weighted by Gasteiger charge is -2.31. The zero-order valence-corrected chi connectivity index (χ0v) is 13.8. The number of hydrogen-bond donors (Lipinski definition) is 2. The van der Waals surface area contributed by atoms with Gasteiger partial charge < -0.3 is 16.0 Å². The van der Waals surface area contributed by atoms with E-state index in [0.29, 0.717) is 24.7 Å². The summed E-state index contributed by atoms with van der Waals surface area (Å²) in [5.41, 5.74) is 5.96. The molecule has 0 aliphatic carbocycles. The number of nitro groups is 1. The fraction of sp³-hybridized carbons (Fsp3) is 0.375. The smallest absolute Gasteiger partial charge is 0.353 e. The standard InChI is InChI=1S/C16H19FN6O2/c1-10-4-3-7-22(9-10)15-13(23(24)25)14(18)20-16(21-15)19-12-6-2-5-11(17)8-12/h2,5-6,8,10H,3-4,7,9H2,1H3,(H3,18,19,20,21). The molecule has 9 heteroatoms. The van der Waals surface area contributed by atoms with Crippen molar-refractivity contribution in [2.24, 2.45) is 5.92 Å². The van der Waals surface area contributed by atoms with Crippen LogP contribution in [0.15, 0.2) is 24.3 Å². The summed E-state index contributed by atoms with van der Waals surface area (Å²) in [6, 6.07) is 5.78. The predicted molar refractivity (Wildman–Crippen MR) is 93.4 cm³/mol. The van der Waals surface area contributed by atoms with Gasteiger partial charge in [0.05, 0.1) is 4.92 Å². The van der Waals surface area contributed by atoms with Gasteiger partial charge in [-0.1, -0.05) is 13.0 Å². The second kappa shape index (κ2) is 6.88. The summed E-state index contributed by atoms with van der Waals surface area (Å²) < 4.78 is 13.3. The predicted octanol–water partition coefficient (Wildman–Crippen LogP) is 3.09. The molecular weight excluding hydrogens is 327 g/mol. The molecule has 1 atom stereocenters. The Kier molecular flexibility index (Phi) is 4.64. The quantitative estimate of drug-likeness (QED) is 0.646. The molecule has 0 bridgehead atoms. The Labute approximate surface area is 144 Å². The molecule has 1 aliphatic heterocycles. The van der Waals surface area contributed by atoms with E-state index in [9.17, 15) is 14.5 Å². The number of piperidine rings is 1. The van der Waals surface area contributed by atoms with Gasteiger partial charge in [-0.3, -0.25) is 10.1 Å². The van der Waals surface area contributed by atoms with Crippen molar-refractivity contribution < 1.29 is 9.31 Å². The molecule has 8 nitrogen and oxygen atoms in total. The van der Waals surface area contributed by atoms with Crippen LogP contribution >= 0.6 is 0 Å². The minimum atomic E-state index is -0.560. The van der Waals surface area contributed by atoms with E-state index in [2.05, 4.69) is 22.2 Å². The molecule has 0 spiro atoms. The molecule has 0 saturated carbocycles. The van der Waals surface area contributed by atoms with Gasteiger partial charge in [0, 0.05) is 18.8 Å². The Hall–Kier alpha value is -2.97. The molecule has 1 saturated heterocycles. The highest BCUT2D eigenvalue weighted by Crippen LogP contribution is 2.34. The molecule has 1 aromatic carbocycles. The van der Waals surface area contributed by atoms with Crippen LogP contribution in [0.25, 0.3) is 0 Å². The van der Waals surface area contributed by atoms with Crippen LogP contribution in [0.3, 0.4) is 0 Å². The number of benzene rings is 1. The van der Waals surface area contributed by atoms with Crippen molar-refractivity contribution in [1.29, 1.82) is 0 Å². The first-order valence-electron chi connectivity index (χ1n) is 8.03. The lowest BCUT2D eigenvalue weighted by Crippen LogP contribution is -2.35. The van der Waals surface area contributed by atoms with E-state index >= 15 is 0 Å². The minimum absolute atomic E-state index is 0.0990. The number of aromatic nitrogens is 2. The van der Waals surface area contributed by atoms with E-state index < -0.39 is 10.7 Å². The van der Waals surface area contributed by atoms with Crippen molar-refractivity contribution >= 4 is 29.0 Å². The maximum Gasteiger partial charge on any atom is 0.353 e. The van der Waals surface area contributed by atoms with Gasteiger partial charge in [0.15, 0.2) is 0 Å². The van der Waals surface area contributed by atoms with Crippen LogP contribution in [-0.2, 0) is 0 Å². The molecule has 1 fully saturated rings. The Balaban J connectivity index is 1.99. The van der Waals surface area contributed by atoms with Gasteiger partial charge in [0.25, 0.3) is 0 Å². The average molecular weight is 346 g/mol. The fourth-order valence-corrected chi connectivity index (χ4v) is 2.99.